The lowest BCUT2D eigenvalue weighted by Gasteiger charge is -2.28. The number of carboxylic acid groups (broad SMARTS) is 2. The summed E-state index contributed by atoms with van der Waals surface area (Å²) in [6.07, 6.45) is 2.83. The van der Waals surface area contributed by atoms with E-state index in [-0.39, 0.29) is 12.8 Å². The maximum Gasteiger partial charge on any atom is 0.332 e. The number of rotatable bonds is 19. The number of nitrogens with two attached hydrogens (primary N) is 6. The van der Waals surface area contributed by atoms with Crippen molar-refractivity contribution in [1.29, 1.82) is 0 Å². The average molecular weight is 497 g/mol. The van der Waals surface area contributed by atoms with Crippen molar-refractivity contribution in [2.45, 2.75) is 61.7 Å². The Labute approximate surface area is 195 Å². The minimum absolute atomic E-state index is 0.238. The first-order valence-electron chi connectivity index (χ1n) is 10.2. The first-order valence-corrected chi connectivity index (χ1v) is 12.7. The van der Waals surface area contributed by atoms with Gasteiger partial charge in [-0.25, -0.2) is 9.59 Å². The first kappa shape index (κ1) is 30.7. The Hall–Kier alpha value is -1.26. The molecule has 0 aromatic rings. The van der Waals surface area contributed by atoms with E-state index in [1.54, 1.807) is 0 Å². The third kappa shape index (κ3) is 8.94. The fraction of sp³-hybridized carbons (Fsp3) is 0.778. The highest BCUT2D eigenvalue weighted by molar-refractivity contribution is 8.76. The van der Waals surface area contributed by atoms with E-state index in [4.69, 9.17) is 34.4 Å². The summed E-state index contributed by atoms with van der Waals surface area (Å²) in [5, 5.41) is 19.0. The van der Waals surface area contributed by atoms with Gasteiger partial charge >= 0.3 is 11.9 Å². The van der Waals surface area contributed by atoms with Gasteiger partial charge in [-0.05, 0) is 38.8 Å². The topological polar surface area (TPSA) is 265 Å². The van der Waals surface area contributed by atoms with Crippen LogP contribution in [0.15, 0.2) is 0 Å². The molecule has 0 spiro atoms. The molecule has 0 aliphatic rings. The van der Waals surface area contributed by atoms with Gasteiger partial charge in [0.15, 0.2) is 22.6 Å². The molecule has 0 aromatic heterocycles. The molecule has 0 fully saturated rings. The number of carboxylic acids is 2. The summed E-state index contributed by atoms with van der Waals surface area (Å²) in [5.41, 5.74) is 29.5. The van der Waals surface area contributed by atoms with Crippen LogP contribution in [0.25, 0.3) is 0 Å². The van der Waals surface area contributed by atoms with E-state index < -0.39 is 58.2 Å². The van der Waals surface area contributed by atoms with Crippen molar-refractivity contribution < 1.29 is 29.4 Å². The van der Waals surface area contributed by atoms with Crippen molar-refractivity contribution in [1.82, 2.24) is 0 Å². The molecule has 14 heteroatoms. The summed E-state index contributed by atoms with van der Waals surface area (Å²) in [6, 6.07) is -2.15. The Morgan fingerprint density at radius 3 is 1.25 bits per heavy atom. The molecule has 14 N–H and O–H groups in total. The third-order valence-electron chi connectivity index (χ3n) is 4.91. The van der Waals surface area contributed by atoms with Crippen LogP contribution >= 0.6 is 21.6 Å². The van der Waals surface area contributed by atoms with Crippen LogP contribution in [0.5, 0.6) is 0 Å². The summed E-state index contributed by atoms with van der Waals surface area (Å²) in [6.45, 7) is 0.833. The molecule has 0 saturated carbocycles. The minimum atomic E-state index is -2.27. The Morgan fingerprint density at radius 1 is 0.688 bits per heavy atom. The van der Waals surface area contributed by atoms with Gasteiger partial charge in [0.1, 0.15) is 0 Å². The Bertz CT molecular complexity index is 603. The summed E-state index contributed by atoms with van der Waals surface area (Å²) < 4.78 is 0. The predicted octanol–water partition coefficient (Wildman–Crippen LogP) is -2.02. The second-order valence-corrected chi connectivity index (χ2v) is 10.1. The largest absolute Gasteiger partial charge is 0.480 e. The second kappa shape index (κ2) is 14.8. The van der Waals surface area contributed by atoms with Gasteiger partial charge in [0, 0.05) is 11.5 Å². The molecule has 0 bridgehead atoms. The van der Waals surface area contributed by atoms with Crippen molar-refractivity contribution in [3.63, 3.8) is 0 Å². The summed E-state index contributed by atoms with van der Waals surface area (Å²) >= 11 is 0. The zero-order chi connectivity index (χ0) is 24.9. The van der Waals surface area contributed by atoms with Crippen LogP contribution < -0.4 is 34.4 Å². The highest BCUT2D eigenvalue weighted by atomic mass is 33.1. The summed E-state index contributed by atoms with van der Waals surface area (Å²) in [5.74, 6) is -5.60. The molecule has 186 valence electrons. The monoisotopic (exact) mass is 496 g/mol. The second-order valence-electron chi connectivity index (χ2n) is 7.59. The normalized spacial score (nSPS) is 17.1. The van der Waals surface area contributed by atoms with E-state index in [9.17, 15) is 29.4 Å². The van der Waals surface area contributed by atoms with E-state index in [1.165, 1.54) is 0 Å². The summed E-state index contributed by atoms with van der Waals surface area (Å²) in [4.78, 5) is 48.4. The zero-order valence-electron chi connectivity index (χ0n) is 18.0. The first-order chi connectivity index (χ1) is 14.9. The van der Waals surface area contributed by atoms with Crippen LogP contribution in [0, 0.1) is 0 Å². The van der Waals surface area contributed by atoms with Crippen LogP contribution in [-0.4, -0.2) is 81.5 Å². The van der Waals surface area contributed by atoms with Crippen molar-refractivity contribution in [2.24, 2.45) is 34.4 Å². The maximum atomic E-state index is 12.5. The van der Waals surface area contributed by atoms with E-state index in [1.807, 2.05) is 0 Å². The van der Waals surface area contributed by atoms with Gasteiger partial charge in [-0.2, -0.15) is 0 Å². The Balaban J connectivity index is 5.05. The molecule has 0 aromatic carbocycles. The number of unbranched alkanes of at least 4 members (excludes halogenated alkanes) is 2. The Kier molecular flexibility index (Phi) is 14.2. The number of carbonyl (C=O) groups is 4. The number of hydrogen-bond donors (Lipinski definition) is 8. The van der Waals surface area contributed by atoms with Gasteiger partial charge in [0.25, 0.3) is 0 Å². The van der Waals surface area contributed by atoms with Crippen molar-refractivity contribution in [3.05, 3.63) is 0 Å². The molecule has 32 heavy (non-hydrogen) atoms. The molecule has 0 radical (unpaired) electrons. The molecule has 0 aliphatic heterocycles. The number of Topliss-reactive ketones (excluding diaryl/α,β-unsaturated/α-hetero) is 2. The summed E-state index contributed by atoms with van der Waals surface area (Å²) in [7, 11) is 1.64. The van der Waals surface area contributed by atoms with E-state index in [0.717, 1.165) is 21.6 Å². The van der Waals surface area contributed by atoms with E-state index >= 15 is 0 Å². The van der Waals surface area contributed by atoms with E-state index in [2.05, 4.69) is 0 Å². The predicted molar refractivity (Wildman–Crippen MR) is 126 cm³/mol. The minimum Gasteiger partial charge on any atom is -0.480 e. The molecule has 0 rings (SSSR count). The third-order valence-corrected chi connectivity index (χ3v) is 7.43. The van der Waals surface area contributed by atoms with Crippen LogP contribution in [0.3, 0.4) is 0 Å². The lowest BCUT2D eigenvalue weighted by molar-refractivity contribution is -0.149. The molecule has 0 heterocycles. The number of aliphatic carboxylic acids is 2. The van der Waals surface area contributed by atoms with Crippen LogP contribution in [-0.2, 0) is 19.2 Å². The van der Waals surface area contributed by atoms with Gasteiger partial charge in [-0.3, -0.25) is 9.59 Å². The highest BCUT2D eigenvalue weighted by Crippen LogP contribution is 2.30. The Morgan fingerprint density at radius 2 is 1.00 bits per heavy atom. The fourth-order valence-electron chi connectivity index (χ4n) is 2.69. The van der Waals surface area contributed by atoms with Crippen molar-refractivity contribution >= 4 is 45.1 Å². The maximum absolute atomic E-state index is 12.5. The van der Waals surface area contributed by atoms with Crippen molar-refractivity contribution in [2.75, 3.05) is 24.6 Å². The molecule has 12 nitrogen and oxygen atoms in total. The van der Waals surface area contributed by atoms with Gasteiger partial charge < -0.3 is 44.6 Å². The lowest BCUT2D eigenvalue weighted by Crippen LogP contribution is -2.62. The molecular weight excluding hydrogens is 460 g/mol. The molecule has 2 unspecified atom stereocenters. The molecular formula is C18H36N6O6S2. The van der Waals surface area contributed by atoms with Gasteiger partial charge in [-0.1, -0.05) is 34.4 Å². The van der Waals surface area contributed by atoms with Gasteiger partial charge in [0.05, 0.1) is 12.1 Å². The van der Waals surface area contributed by atoms with Crippen molar-refractivity contribution in [3.8, 4) is 0 Å². The zero-order valence-corrected chi connectivity index (χ0v) is 19.7. The average Bonchev–Trinajstić information content (AvgIpc) is 2.74. The standard InChI is InChI=1S/C18H36N6O6S2/c19-7-3-1-5-11(21)13(25)17(23,15(27)28)9-31-32-10-18(24,16(29)30)14(26)12(22)6-2-4-8-20/h11-12H,1-10,19-24H2,(H,27,28)(H,29,30)/t11-,12-,17?,18?/m0/s1. The highest BCUT2D eigenvalue weighted by Gasteiger charge is 2.46. The van der Waals surface area contributed by atoms with Gasteiger partial charge in [0.2, 0.25) is 0 Å². The number of hydrogen-bond acceptors (Lipinski definition) is 12. The quantitative estimate of drug-likeness (QED) is 0.0545. The molecule has 0 amide bonds. The number of ketones is 2. The molecule has 4 atom stereocenters. The SMILES string of the molecule is NCCCC[C@H](N)C(=O)C(N)(CSSCC(N)(C(=O)O)C(=O)[C@@H](N)CCCCN)C(=O)O. The van der Waals surface area contributed by atoms with Gasteiger partial charge in [-0.15, -0.1) is 0 Å². The number of carbonyl (C=O) groups excluding carboxylic acids is 2. The fourth-order valence-corrected chi connectivity index (χ4v) is 5.37. The lowest BCUT2D eigenvalue weighted by atomic mass is 9.90. The van der Waals surface area contributed by atoms with E-state index in [0.29, 0.717) is 38.8 Å². The van der Waals surface area contributed by atoms with Crippen LogP contribution in [0.1, 0.15) is 38.5 Å². The molecule has 0 aliphatic carbocycles. The molecule has 0 saturated heterocycles. The van der Waals surface area contributed by atoms with Crippen LogP contribution in [0.4, 0.5) is 0 Å². The smallest absolute Gasteiger partial charge is 0.332 e. The van der Waals surface area contributed by atoms with Crippen LogP contribution in [0.2, 0.25) is 0 Å².